The van der Waals surface area contributed by atoms with Crippen molar-refractivity contribution in [3.63, 3.8) is 0 Å². The number of rotatable bonds is 4. The summed E-state index contributed by atoms with van der Waals surface area (Å²) in [6.07, 6.45) is 1.82. The van der Waals surface area contributed by atoms with Gasteiger partial charge in [0.1, 0.15) is 6.10 Å². The van der Waals surface area contributed by atoms with E-state index in [1.807, 2.05) is 18.7 Å². The Morgan fingerprint density at radius 1 is 1.31 bits per heavy atom. The van der Waals surface area contributed by atoms with Crippen molar-refractivity contribution in [3.05, 3.63) is 47.6 Å². The number of amides is 1. The van der Waals surface area contributed by atoms with Crippen LogP contribution in [0.5, 0.6) is 5.75 Å². The molecule has 2 aliphatic rings. The highest BCUT2D eigenvalue weighted by atomic mass is 19.1. The molecule has 0 N–H and O–H groups in total. The highest BCUT2D eigenvalue weighted by Crippen LogP contribution is 2.41. The lowest BCUT2D eigenvalue weighted by Crippen LogP contribution is -2.32. The first-order valence-corrected chi connectivity index (χ1v) is 9.20. The van der Waals surface area contributed by atoms with Crippen LogP contribution in [0.1, 0.15) is 48.9 Å². The molecule has 1 saturated carbocycles. The van der Waals surface area contributed by atoms with Gasteiger partial charge >= 0.3 is 0 Å². The zero-order valence-corrected chi connectivity index (χ0v) is 15.0. The van der Waals surface area contributed by atoms with Gasteiger partial charge in [-0.15, -0.1) is 0 Å². The van der Waals surface area contributed by atoms with E-state index in [-0.39, 0.29) is 29.7 Å². The number of ether oxygens (including phenoxy) is 1. The summed E-state index contributed by atoms with van der Waals surface area (Å²) in [5.41, 5.74) is 0.786. The Kier molecular flexibility index (Phi) is 4.42. The topological polar surface area (TPSA) is 55.6 Å². The molecule has 2 heterocycles. The molecule has 2 fully saturated rings. The molecule has 26 heavy (non-hydrogen) atoms. The van der Waals surface area contributed by atoms with Crippen molar-refractivity contribution in [1.29, 1.82) is 0 Å². The summed E-state index contributed by atoms with van der Waals surface area (Å²) in [5.74, 6) is 0.958. The smallest absolute Gasteiger partial charge is 0.292 e. The Morgan fingerprint density at radius 2 is 2.12 bits per heavy atom. The molecule has 5 nitrogen and oxygen atoms in total. The molecule has 0 radical (unpaired) electrons. The second-order valence-corrected chi connectivity index (χ2v) is 7.57. The number of hydrogen-bond donors (Lipinski definition) is 0. The summed E-state index contributed by atoms with van der Waals surface area (Å²) in [6, 6.07) is 8.21. The molecule has 0 unspecified atom stereocenters. The molecule has 0 spiro atoms. The van der Waals surface area contributed by atoms with E-state index >= 15 is 0 Å². The van der Waals surface area contributed by atoms with Gasteiger partial charge in [0.2, 0.25) is 5.76 Å². The molecule has 138 valence electrons. The number of aromatic nitrogens is 1. The predicted molar refractivity (Wildman–Crippen MR) is 93.5 cm³/mol. The summed E-state index contributed by atoms with van der Waals surface area (Å²) in [5, 5.41) is 3.97. The van der Waals surface area contributed by atoms with Gasteiger partial charge in [-0.25, -0.2) is 4.39 Å². The average Bonchev–Trinajstić information content (AvgIpc) is 3.33. The van der Waals surface area contributed by atoms with Crippen LogP contribution in [0.3, 0.4) is 0 Å². The fourth-order valence-electron chi connectivity index (χ4n) is 4.05. The number of halogens is 1. The van der Waals surface area contributed by atoms with Crippen LogP contribution in [0.2, 0.25) is 0 Å². The number of hydrogen-bond acceptors (Lipinski definition) is 4. The Bertz CT molecular complexity index is 804. The minimum absolute atomic E-state index is 0.0596. The Labute approximate surface area is 152 Å². The monoisotopic (exact) mass is 358 g/mol. The molecule has 1 aliphatic carbocycles. The Hall–Kier alpha value is -2.37. The maximum absolute atomic E-state index is 13.9. The molecule has 3 atom stereocenters. The second kappa shape index (κ2) is 6.74. The summed E-state index contributed by atoms with van der Waals surface area (Å²) in [4.78, 5) is 14.5. The van der Waals surface area contributed by atoms with E-state index in [9.17, 15) is 9.18 Å². The van der Waals surface area contributed by atoms with Gasteiger partial charge < -0.3 is 14.2 Å². The normalized spacial score (nSPS) is 24.9. The van der Waals surface area contributed by atoms with Gasteiger partial charge in [-0.2, -0.15) is 0 Å². The summed E-state index contributed by atoms with van der Waals surface area (Å²) in [6.45, 7) is 5.33. The number of carbonyl (C=O) groups excluding carboxylic acids is 1. The molecule has 0 bridgehead atoms. The number of likely N-dealkylation sites (tertiary alicyclic amines) is 1. The number of para-hydroxylation sites is 1. The highest BCUT2D eigenvalue weighted by Gasteiger charge is 2.46. The van der Waals surface area contributed by atoms with Crippen LogP contribution in [-0.4, -0.2) is 35.2 Å². The average molecular weight is 358 g/mol. The lowest BCUT2D eigenvalue weighted by Gasteiger charge is -2.21. The van der Waals surface area contributed by atoms with Crippen molar-refractivity contribution in [2.45, 2.75) is 38.7 Å². The minimum Gasteiger partial charge on any atom is -0.487 e. The summed E-state index contributed by atoms with van der Waals surface area (Å²) >= 11 is 0. The maximum atomic E-state index is 13.9. The van der Waals surface area contributed by atoms with Gasteiger partial charge in [-0.3, -0.25) is 4.79 Å². The fourth-order valence-corrected chi connectivity index (χ4v) is 4.05. The second-order valence-electron chi connectivity index (χ2n) is 7.57. The number of fused-ring (bicyclic) bond motifs is 1. The third-order valence-corrected chi connectivity index (χ3v) is 5.52. The van der Waals surface area contributed by atoms with E-state index in [0.717, 1.165) is 18.5 Å². The first kappa shape index (κ1) is 17.1. The van der Waals surface area contributed by atoms with Gasteiger partial charge in [-0.1, -0.05) is 31.1 Å². The van der Waals surface area contributed by atoms with Crippen molar-refractivity contribution in [2.75, 3.05) is 13.1 Å². The molecule has 1 aliphatic heterocycles. The van der Waals surface area contributed by atoms with E-state index < -0.39 is 0 Å². The first-order chi connectivity index (χ1) is 12.5. The molecule has 1 saturated heterocycles. The molecule has 6 heteroatoms. The van der Waals surface area contributed by atoms with Crippen LogP contribution in [0.4, 0.5) is 4.39 Å². The van der Waals surface area contributed by atoms with Crippen LogP contribution in [0.25, 0.3) is 0 Å². The van der Waals surface area contributed by atoms with Crippen LogP contribution in [-0.2, 0) is 0 Å². The zero-order valence-electron chi connectivity index (χ0n) is 15.0. The Balaban J connectivity index is 1.44. The number of benzene rings is 1. The SMILES string of the molecule is CC(C)c1cc(C(=O)N2C[C@@H]3CC[C@H](Oc4ccccc4F)[C@@H]3C2)on1. The maximum Gasteiger partial charge on any atom is 0.292 e. The minimum atomic E-state index is -0.343. The zero-order chi connectivity index (χ0) is 18.3. The fraction of sp³-hybridized carbons (Fsp3) is 0.500. The third kappa shape index (κ3) is 3.08. The molecule has 1 amide bonds. The number of carbonyl (C=O) groups is 1. The summed E-state index contributed by atoms with van der Waals surface area (Å²) in [7, 11) is 0. The molecular formula is C20H23FN2O3. The lowest BCUT2D eigenvalue weighted by atomic mass is 9.99. The van der Waals surface area contributed by atoms with Crippen LogP contribution in [0, 0.1) is 17.7 Å². The van der Waals surface area contributed by atoms with E-state index in [1.54, 1.807) is 24.3 Å². The lowest BCUT2D eigenvalue weighted by molar-refractivity contribution is 0.0720. The van der Waals surface area contributed by atoms with Gasteiger partial charge in [0, 0.05) is 25.1 Å². The quantitative estimate of drug-likeness (QED) is 0.833. The first-order valence-electron chi connectivity index (χ1n) is 9.20. The van der Waals surface area contributed by atoms with Crippen LogP contribution in [0.15, 0.2) is 34.9 Å². The predicted octanol–water partition coefficient (Wildman–Crippen LogP) is 3.87. The number of nitrogens with zero attached hydrogens (tertiary/aromatic N) is 2. The van der Waals surface area contributed by atoms with Crippen molar-refractivity contribution >= 4 is 5.91 Å². The van der Waals surface area contributed by atoms with E-state index in [1.165, 1.54) is 6.07 Å². The third-order valence-electron chi connectivity index (χ3n) is 5.52. The molecule has 1 aromatic heterocycles. The van der Waals surface area contributed by atoms with Crippen molar-refractivity contribution < 1.29 is 18.4 Å². The molecule has 2 aromatic rings. The molecular weight excluding hydrogens is 335 g/mol. The van der Waals surface area contributed by atoms with Gasteiger partial charge in [0.15, 0.2) is 11.6 Å². The standard InChI is InChI=1S/C20H23FN2O3/c1-12(2)16-9-19(26-22-16)20(24)23-10-13-7-8-17(14(13)11-23)25-18-6-4-3-5-15(18)21/h3-6,9,12-14,17H,7-8,10-11H2,1-2H3/t13-,14+,17-/m0/s1. The van der Waals surface area contributed by atoms with Crippen molar-refractivity contribution in [3.8, 4) is 5.75 Å². The van der Waals surface area contributed by atoms with Gasteiger partial charge in [0.25, 0.3) is 5.91 Å². The van der Waals surface area contributed by atoms with Crippen LogP contribution >= 0.6 is 0 Å². The highest BCUT2D eigenvalue weighted by molar-refractivity contribution is 5.91. The van der Waals surface area contributed by atoms with E-state index in [2.05, 4.69) is 5.16 Å². The van der Waals surface area contributed by atoms with Crippen molar-refractivity contribution in [1.82, 2.24) is 10.1 Å². The van der Waals surface area contributed by atoms with Gasteiger partial charge in [-0.05, 0) is 36.8 Å². The molecule has 4 rings (SSSR count). The van der Waals surface area contributed by atoms with E-state index in [4.69, 9.17) is 9.26 Å². The van der Waals surface area contributed by atoms with Gasteiger partial charge in [0.05, 0.1) is 5.69 Å². The van der Waals surface area contributed by atoms with E-state index in [0.29, 0.717) is 30.5 Å². The van der Waals surface area contributed by atoms with Crippen LogP contribution < -0.4 is 4.74 Å². The summed E-state index contributed by atoms with van der Waals surface area (Å²) < 4.78 is 25.1. The van der Waals surface area contributed by atoms with Crippen molar-refractivity contribution in [2.24, 2.45) is 11.8 Å². The molecule has 1 aromatic carbocycles. The Morgan fingerprint density at radius 3 is 2.85 bits per heavy atom. The largest absolute Gasteiger partial charge is 0.487 e.